The number of thiophene rings is 3. The Labute approximate surface area is 417 Å². The normalized spacial score (nSPS) is 10.0. The summed E-state index contributed by atoms with van der Waals surface area (Å²) in [5, 5.41) is 7.78. The molecule has 5 aromatic heterocycles. The van der Waals surface area contributed by atoms with Gasteiger partial charge in [-0.05, 0) is 46.5 Å². The van der Waals surface area contributed by atoms with Crippen molar-refractivity contribution in [2.75, 3.05) is 0 Å². The third kappa shape index (κ3) is 14.7. The molecule has 63 heavy (non-hydrogen) atoms. The number of nitrogens with zero attached hydrogens (tertiary/aromatic N) is 2. The average molecular weight is 1020 g/mol. The number of hydrogen-bond acceptors (Lipinski definition) is 11. The number of fused-ring (bicyclic) bond motifs is 3. The standard InChI is InChI=1S/3C13H10O2S.C12H8N2.Eu/c3*14-11(10-5-2-1-3-6-10)9-12(15)13-7-4-8-16-13;1-3-9-5-6-10-4-2-8-14-12(10)11(9)13-7-1;/h3*1-8H,9H2;1-8H;/q;;;;+3. The van der Waals surface area contributed by atoms with E-state index in [1.807, 2.05) is 64.7 Å². The molecule has 0 atom stereocenters. The first-order valence-electron chi connectivity index (χ1n) is 19.3. The SMILES string of the molecule is O=C(CC(=O)c1cccs1)c1ccccc1.O=C(CC(=O)c1cccs1)c1ccccc1.O=C(CC(=O)c1cccs1)c1ccccc1.[Eu+3].c1cnc2c(c1)ccc1cccnc12. The van der Waals surface area contributed by atoms with Crippen LogP contribution in [0.25, 0.3) is 21.8 Å². The Kier molecular flexibility index (Phi) is 19.6. The summed E-state index contributed by atoms with van der Waals surface area (Å²) in [5.74, 6) is -0.700. The van der Waals surface area contributed by atoms with Gasteiger partial charge in [-0.1, -0.05) is 133 Å². The topological polar surface area (TPSA) is 128 Å². The van der Waals surface area contributed by atoms with Crippen molar-refractivity contribution in [3.63, 3.8) is 0 Å². The Morgan fingerprint density at radius 1 is 0.333 bits per heavy atom. The molecule has 0 fully saturated rings. The predicted octanol–water partition coefficient (Wildman–Crippen LogP) is 12.4. The Hall–Kier alpha value is -5.60. The molecule has 9 rings (SSSR count). The van der Waals surface area contributed by atoms with Gasteiger partial charge in [0.05, 0.1) is 44.9 Å². The van der Waals surface area contributed by atoms with Gasteiger partial charge in [0.2, 0.25) is 0 Å². The van der Waals surface area contributed by atoms with Gasteiger partial charge in [0.1, 0.15) is 0 Å². The van der Waals surface area contributed by atoms with Crippen LogP contribution in [0.3, 0.4) is 0 Å². The van der Waals surface area contributed by atoms with Crippen molar-refractivity contribution in [2.45, 2.75) is 19.3 Å². The van der Waals surface area contributed by atoms with Crippen LogP contribution in [0, 0.1) is 49.4 Å². The first-order valence-corrected chi connectivity index (χ1v) is 21.9. The number of carbonyl (C=O) groups excluding carboxylic acids is 6. The second kappa shape index (κ2) is 25.5. The van der Waals surface area contributed by atoms with Crippen molar-refractivity contribution in [3.8, 4) is 0 Å². The molecule has 12 heteroatoms. The molecule has 9 aromatic rings. The van der Waals surface area contributed by atoms with E-state index in [0.29, 0.717) is 31.3 Å². The van der Waals surface area contributed by atoms with Gasteiger partial charge in [0.15, 0.2) is 34.7 Å². The number of Topliss-reactive ketones (excluding diaryl/α,β-unsaturated/α-hetero) is 6. The number of carbonyl (C=O) groups is 6. The monoisotopic (exact) mass is 1020 g/mol. The van der Waals surface area contributed by atoms with Crippen LogP contribution in [0.2, 0.25) is 0 Å². The van der Waals surface area contributed by atoms with Crippen LogP contribution >= 0.6 is 34.0 Å². The van der Waals surface area contributed by atoms with E-state index >= 15 is 0 Å². The molecule has 0 N–H and O–H groups in total. The van der Waals surface area contributed by atoms with Crippen LogP contribution in [0.1, 0.15) is 79.4 Å². The number of hydrogen-bond donors (Lipinski definition) is 0. The fourth-order valence-electron chi connectivity index (χ4n) is 5.87. The van der Waals surface area contributed by atoms with Gasteiger partial charge in [-0.3, -0.25) is 38.7 Å². The molecule has 0 aliphatic carbocycles. The van der Waals surface area contributed by atoms with E-state index in [9.17, 15) is 28.8 Å². The molecule has 0 bridgehead atoms. The third-order valence-corrected chi connectivity index (χ3v) is 11.7. The second-order valence-electron chi connectivity index (χ2n) is 13.3. The van der Waals surface area contributed by atoms with Gasteiger partial charge in [-0.25, -0.2) is 0 Å². The quantitative estimate of drug-likeness (QED) is 0.0672. The van der Waals surface area contributed by atoms with Crippen molar-refractivity contribution in [1.82, 2.24) is 9.97 Å². The summed E-state index contributed by atoms with van der Waals surface area (Å²) < 4.78 is 0. The van der Waals surface area contributed by atoms with E-state index in [1.165, 1.54) is 34.0 Å². The van der Waals surface area contributed by atoms with E-state index in [2.05, 4.69) is 34.2 Å². The largest absolute Gasteiger partial charge is 3.00 e. The van der Waals surface area contributed by atoms with Gasteiger partial charge in [-0.2, -0.15) is 0 Å². The molecular formula is C51H38EuN2O6S3+3. The summed E-state index contributed by atoms with van der Waals surface area (Å²) >= 11 is 4.10. The van der Waals surface area contributed by atoms with Crippen LogP contribution < -0.4 is 0 Å². The minimum atomic E-state index is -0.126. The van der Waals surface area contributed by atoms with Crippen molar-refractivity contribution in [3.05, 3.63) is 224 Å². The van der Waals surface area contributed by atoms with Gasteiger partial charge in [0.25, 0.3) is 0 Å². The molecule has 0 amide bonds. The zero-order chi connectivity index (χ0) is 43.5. The Bertz CT molecular complexity index is 2590. The number of rotatable bonds is 12. The molecule has 4 aromatic carbocycles. The smallest absolute Gasteiger partial charge is 0.294 e. The van der Waals surface area contributed by atoms with E-state index < -0.39 is 0 Å². The zero-order valence-electron chi connectivity index (χ0n) is 33.5. The van der Waals surface area contributed by atoms with E-state index in [1.54, 1.807) is 103 Å². The predicted molar refractivity (Wildman–Crippen MR) is 249 cm³/mol. The molecule has 310 valence electrons. The molecule has 0 aliphatic heterocycles. The summed E-state index contributed by atoms with van der Waals surface area (Å²) in [6.45, 7) is 0. The fourth-order valence-corrected chi connectivity index (χ4v) is 7.86. The minimum absolute atomic E-state index is 0. The third-order valence-electron chi connectivity index (χ3n) is 8.98. The van der Waals surface area contributed by atoms with Gasteiger partial charge < -0.3 is 0 Å². The average Bonchev–Trinajstić information content (AvgIpc) is 4.17. The fraction of sp³-hybridized carbons (Fsp3) is 0.0588. The van der Waals surface area contributed by atoms with Crippen LogP contribution in [0.5, 0.6) is 0 Å². The summed E-state index contributed by atoms with van der Waals surface area (Å²) in [7, 11) is 0. The maximum absolute atomic E-state index is 11.7. The first kappa shape index (κ1) is 48.4. The maximum Gasteiger partial charge on any atom is 3.00 e. The molecule has 0 saturated heterocycles. The molecular weight excluding hydrogens is 985 g/mol. The van der Waals surface area contributed by atoms with E-state index in [-0.39, 0.29) is 103 Å². The molecule has 0 spiro atoms. The van der Waals surface area contributed by atoms with Crippen LogP contribution in [0.4, 0.5) is 0 Å². The number of pyridine rings is 2. The van der Waals surface area contributed by atoms with Crippen LogP contribution in [0.15, 0.2) is 192 Å². The van der Waals surface area contributed by atoms with Crippen LogP contribution in [-0.4, -0.2) is 44.7 Å². The number of ketones is 6. The molecule has 5 heterocycles. The van der Waals surface area contributed by atoms with Crippen molar-refractivity contribution in [2.24, 2.45) is 0 Å². The number of aromatic nitrogens is 2. The summed E-state index contributed by atoms with van der Waals surface area (Å²) in [6, 6.07) is 49.5. The molecule has 0 aliphatic rings. The molecule has 8 nitrogen and oxygen atoms in total. The second-order valence-corrected chi connectivity index (χ2v) is 16.2. The van der Waals surface area contributed by atoms with Gasteiger partial charge in [0, 0.05) is 39.9 Å². The van der Waals surface area contributed by atoms with Crippen molar-refractivity contribution in [1.29, 1.82) is 0 Å². The van der Waals surface area contributed by atoms with Crippen molar-refractivity contribution >= 4 is 90.5 Å². The molecule has 0 unspecified atom stereocenters. The minimum Gasteiger partial charge on any atom is -0.294 e. The van der Waals surface area contributed by atoms with Crippen molar-refractivity contribution < 1.29 is 78.1 Å². The molecule has 0 saturated carbocycles. The van der Waals surface area contributed by atoms with E-state index in [4.69, 9.17) is 0 Å². The van der Waals surface area contributed by atoms with E-state index in [0.717, 1.165) is 21.8 Å². The first-order chi connectivity index (χ1) is 30.3. The number of benzene rings is 4. The summed E-state index contributed by atoms with van der Waals surface area (Å²) in [5.41, 5.74) is 3.73. The molecule has 0 radical (unpaired) electrons. The zero-order valence-corrected chi connectivity index (χ0v) is 38.4. The Balaban J connectivity index is 0.000000158. The van der Waals surface area contributed by atoms with Crippen LogP contribution in [-0.2, 0) is 0 Å². The summed E-state index contributed by atoms with van der Waals surface area (Å²) in [4.78, 5) is 80.9. The summed E-state index contributed by atoms with van der Waals surface area (Å²) in [6.07, 6.45) is 3.45. The Morgan fingerprint density at radius 3 is 0.905 bits per heavy atom. The van der Waals surface area contributed by atoms with Gasteiger partial charge >= 0.3 is 49.4 Å². The Morgan fingerprint density at radius 2 is 0.635 bits per heavy atom. The maximum atomic E-state index is 11.7. The van der Waals surface area contributed by atoms with Gasteiger partial charge in [-0.15, -0.1) is 34.0 Å².